The van der Waals surface area contributed by atoms with Crippen LogP contribution in [0.4, 0.5) is 0 Å². The summed E-state index contributed by atoms with van der Waals surface area (Å²) >= 11 is 0. The van der Waals surface area contributed by atoms with Crippen molar-refractivity contribution in [2.75, 3.05) is 39.3 Å². The predicted molar refractivity (Wildman–Crippen MR) is 85.5 cm³/mol. The molecule has 2 heterocycles. The van der Waals surface area contributed by atoms with E-state index in [1.807, 2.05) is 6.92 Å². The number of hydrogen-bond acceptors (Lipinski definition) is 3. The Morgan fingerprint density at radius 3 is 2.29 bits per heavy atom. The molecule has 0 aliphatic carbocycles. The fourth-order valence-corrected chi connectivity index (χ4v) is 3.96. The van der Waals surface area contributed by atoms with Crippen molar-refractivity contribution >= 4 is 5.97 Å². The standard InChI is InChI=1S/C17H32N2O2/c1-3-8-17(2,16(20)21)14-19-11-6-15(7-12-19)13-18-9-4-5-10-18/h15H,3-14H2,1-2H3,(H,20,21). The Morgan fingerprint density at radius 2 is 1.76 bits per heavy atom. The molecule has 0 spiro atoms. The van der Waals surface area contributed by atoms with Crippen molar-refractivity contribution in [1.29, 1.82) is 0 Å². The first-order valence-electron chi connectivity index (χ1n) is 8.71. The summed E-state index contributed by atoms with van der Waals surface area (Å²) in [6.07, 6.45) is 6.92. The van der Waals surface area contributed by atoms with Crippen LogP contribution < -0.4 is 0 Å². The molecule has 0 saturated carbocycles. The van der Waals surface area contributed by atoms with Gasteiger partial charge in [0, 0.05) is 13.1 Å². The number of carbonyl (C=O) groups is 1. The molecular formula is C17H32N2O2. The molecule has 0 aromatic rings. The van der Waals surface area contributed by atoms with Gasteiger partial charge in [-0.25, -0.2) is 0 Å². The molecule has 2 rings (SSSR count). The Morgan fingerprint density at radius 1 is 1.14 bits per heavy atom. The van der Waals surface area contributed by atoms with Gasteiger partial charge in [0.25, 0.3) is 0 Å². The lowest BCUT2D eigenvalue weighted by Crippen LogP contribution is -2.45. The first kappa shape index (κ1) is 16.8. The third-order valence-corrected chi connectivity index (χ3v) is 5.31. The van der Waals surface area contributed by atoms with Crippen LogP contribution in [0.2, 0.25) is 0 Å². The molecule has 4 heteroatoms. The number of aliphatic carboxylic acids is 1. The summed E-state index contributed by atoms with van der Waals surface area (Å²) in [4.78, 5) is 16.5. The van der Waals surface area contributed by atoms with E-state index in [1.54, 1.807) is 0 Å². The summed E-state index contributed by atoms with van der Waals surface area (Å²) in [5, 5.41) is 9.50. The van der Waals surface area contributed by atoms with Crippen LogP contribution in [0.1, 0.15) is 52.4 Å². The number of rotatable bonds is 7. The molecule has 0 bridgehead atoms. The highest BCUT2D eigenvalue weighted by molar-refractivity contribution is 5.74. The molecule has 2 saturated heterocycles. The number of piperidine rings is 1. The Hall–Kier alpha value is -0.610. The van der Waals surface area contributed by atoms with Crippen molar-refractivity contribution in [3.63, 3.8) is 0 Å². The molecule has 0 aromatic heterocycles. The van der Waals surface area contributed by atoms with Crippen LogP contribution in [0.3, 0.4) is 0 Å². The zero-order valence-electron chi connectivity index (χ0n) is 13.8. The maximum atomic E-state index is 11.5. The van der Waals surface area contributed by atoms with Gasteiger partial charge in [-0.2, -0.15) is 0 Å². The topological polar surface area (TPSA) is 43.8 Å². The zero-order chi connectivity index (χ0) is 15.3. The molecule has 0 amide bonds. The average Bonchev–Trinajstić information content (AvgIpc) is 2.94. The number of likely N-dealkylation sites (tertiary alicyclic amines) is 2. The van der Waals surface area contributed by atoms with E-state index >= 15 is 0 Å². The lowest BCUT2D eigenvalue weighted by atomic mass is 9.84. The average molecular weight is 296 g/mol. The second kappa shape index (κ2) is 7.59. The van der Waals surface area contributed by atoms with E-state index in [2.05, 4.69) is 16.7 Å². The normalized spacial score (nSPS) is 25.0. The van der Waals surface area contributed by atoms with E-state index in [9.17, 15) is 9.90 Å². The Bertz CT molecular complexity index is 334. The molecule has 1 N–H and O–H groups in total. The van der Waals surface area contributed by atoms with Crippen molar-refractivity contribution in [3.05, 3.63) is 0 Å². The van der Waals surface area contributed by atoms with Crippen molar-refractivity contribution in [2.45, 2.75) is 52.4 Å². The minimum absolute atomic E-state index is 0.573. The van der Waals surface area contributed by atoms with Gasteiger partial charge in [-0.1, -0.05) is 13.3 Å². The minimum atomic E-state index is -0.636. The van der Waals surface area contributed by atoms with Crippen molar-refractivity contribution < 1.29 is 9.90 Å². The lowest BCUT2D eigenvalue weighted by Gasteiger charge is -2.38. The van der Waals surface area contributed by atoms with E-state index in [0.717, 1.165) is 31.8 Å². The van der Waals surface area contributed by atoms with E-state index in [4.69, 9.17) is 0 Å². The van der Waals surface area contributed by atoms with Gasteiger partial charge in [0.05, 0.1) is 5.41 Å². The van der Waals surface area contributed by atoms with Crippen LogP contribution in [0, 0.1) is 11.3 Å². The second-order valence-electron chi connectivity index (χ2n) is 7.34. The molecule has 1 unspecified atom stereocenters. The van der Waals surface area contributed by atoms with Gasteiger partial charge in [-0.3, -0.25) is 4.79 Å². The van der Waals surface area contributed by atoms with E-state index in [-0.39, 0.29) is 0 Å². The number of carboxylic acid groups (broad SMARTS) is 1. The van der Waals surface area contributed by atoms with Crippen molar-refractivity contribution in [2.24, 2.45) is 11.3 Å². The molecular weight excluding hydrogens is 264 g/mol. The predicted octanol–water partition coefficient (Wildman–Crippen LogP) is 2.69. The lowest BCUT2D eigenvalue weighted by molar-refractivity contribution is -0.149. The molecule has 1 atom stereocenters. The monoisotopic (exact) mass is 296 g/mol. The SMILES string of the molecule is CCCC(C)(CN1CCC(CN2CCCC2)CC1)C(=O)O. The summed E-state index contributed by atoms with van der Waals surface area (Å²) in [5.74, 6) is 0.185. The molecule has 0 aromatic carbocycles. The zero-order valence-corrected chi connectivity index (χ0v) is 13.8. The largest absolute Gasteiger partial charge is 0.481 e. The van der Waals surface area contributed by atoms with Crippen LogP contribution in [-0.2, 0) is 4.79 Å². The maximum Gasteiger partial charge on any atom is 0.310 e. The third-order valence-electron chi connectivity index (χ3n) is 5.31. The van der Waals surface area contributed by atoms with Gasteiger partial charge in [-0.15, -0.1) is 0 Å². The van der Waals surface area contributed by atoms with Gasteiger partial charge in [0.1, 0.15) is 0 Å². The van der Waals surface area contributed by atoms with E-state index in [1.165, 1.54) is 45.3 Å². The minimum Gasteiger partial charge on any atom is -0.481 e. The van der Waals surface area contributed by atoms with Crippen molar-refractivity contribution in [3.8, 4) is 0 Å². The highest BCUT2D eigenvalue weighted by atomic mass is 16.4. The van der Waals surface area contributed by atoms with Crippen LogP contribution >= 0.6 is 0 Å². The van der Waals surface area contributed by atoms with Crippen LogP contribution in [0.15, 0.2) is 0 Å². The molecule has 2 aliphatic heterocycles. The quantitative estimate of drug-likeness (QED) is 0.784. The number of nitrogens with zero attached hydrogens (tertiary/aromatic N) is 2. The van der Waals surface area contributed by atoms with Crippen LogP contribution in [0.25, 0.3) is 0 Å². The summed E-state index contributed by atoms with van der Waals surface area (Å²) in [7, 11) is 0. The first-order valence-corrected chi connectivity index (χ1v) is 8.71. The van der Waals surface area contributed by atoms with Gasteiger partial charge >= 0.3 is 5.97 Å². The first-order chi connectivity index (χ1) is 10.0. The Labute approximate surface area is 129 Å². The molecule has 2 fully saturated rings. The molecule has 21 heavy (non-hydrogen) atoms. The van der Waals surface area contributed by atoms with Gasteiger partial charge in [0.2, 0.25) is 0 Å². The Kier molecular flexibility index (Phi) is 6.06. The van der Waals surface area contributed by atoms with E-state index < -0.39 is 11.4 Å². The van der Waals surface area contributed by atoms with Crippen molar-refractivity contribution in [1.82, 2.24) is 9.80 Å². The summed E-state index contributed by atoms with van der Waals surface area (Å²) < 4.78 is 0. The molecule has 0 radical (unpaired) electrons. The molecule has 4 nitrogen and oxygen atoms in total. The molecule has 122 valence electrons. The fourth-order valence-electron chi connectivity index (χ4n) is 3.96. The highest BCUT2D eigenvalue weighted by Gasteiger charge is 2.35. The van der Waals surface area contributed by atoms with Gasteiger partial charge in [0.15, 0.2) is 0 Å². The third kappa shape index (κ3) is 4.68. The maximum absolute atomic E-state index is 11.5. The molecule has 2 aliphatic rings. The Balaban J connectivity index is 1.76. The summed E-state index contributed by atoms with van der Waals surface area (Å²) in [6.45, 7) is 10.7. The van der Waals surface area contributed by atoms with Gasteiger partial charge < -0.3 is 14.9 Å². The van der Waals surface area contributed by atoms with Gasteiger partial charge in [-0.05, 0) is 71.1 Å². The highest BCUT2D eigenvalue weighted by Crippen LogP contribution is 2.28. The number of carboxylic acids is 1. The smallest absolute Gasteiger partial charge is 0.310 e. The van der Waals surface area contributed by atoms with Crippen LogP contribution in [0.5, 0.6) is 0 Å². The second-order valence-corrected chi connectivity index (χ2v) is 7.34. The summed E-state index contributed by atoms with van der Waals surface area (Å²) in [5.41, 5.74) is -0.573. The fraction of sp³-hybridized carbons (Fsp3) is 0.941. The summed E-state index contributed by atoms with van der Waals surface area (Å²) in [6, 6.07) is 0. The number of hydrogen-bond donors (Lipinski definition) is 1. The van der Waals surface area contributed by atoms with Crippen LogP contribution in [-0.4, -0.2) is 60.1 Å². The van der Waals surface area contributed by atoms with E-state index in [0.29, 0.717) is 6.54 Å².